The topological polar surface area (TPSA) is 27.3 Å². The van der Waals surface area contributed by atoms with Crippen LogP contribution in [0.1, 0.15) is 36.8 Å². The van der Waals surface area contributed by atoms with E-state index in [2.05, 4.69) is 10.6 Å². The van der Waals surface area contributed by atoms with Crippen LogP contribution in [0, 0.1) is 0 Å². The van der Waals surface area contributed by atoms with Crippen LogP contribution in [-0.2, 0) is 12.4 Å². The van der Waals surface area contributed by atoms with Gasteiger partial charge in [-0.15, -0.1) is 0 Å². The first-order valence-electron chi connectivity index (χ1n) is 8.41. The van der Waals surface area contributed by atoms with Crippen molar-refractivity contribution in [1.82, 2.24) is 10.2 Å². The summed E-state index contributed by atoms with van der Waals surface area (Å²) in [7, 11) is 3.84. The second-order valence-electron chi connectivity index (χ2n) is 6.81. The molecule has 2 rings (SSSR count). The van der Waals surface area contributed by atoms with Gasteiger partial charge >= 0.3 is 12.4 Å². The molecule has 1 saturated carbocycles. The highest BCUT2D eigenvalue weighted by molar-refractivity contribution is 7.80. The fraction of sp³-hybridized carbons (Fsp3) is 0.588. The van der Waals surface area contributed by atoms with Crippen LogP contribution >= 0.6 is 12.2 Å². The molecule has 1 aliphatic rings. The van der Waals surface area contributed by atoms with Crippen molar-refractivity contribution >= 4 is 23.0 Å². The quantitative estimate of drug-likeness (QED) is 0.546. The Kier molecular flexibility index (Phi) is 6.62. The summed E-state index contributed by atoms with van der Waals surface area (Å²) in [5.41, 5.74) is -3.12. The summed E-state index contributed by atoms with van der Waals surface area (Å²) in [4.78, 5) is 2.03. The monoisotopic (exact) mass is 413 g/mol. The Morgan fingerprint density at radius 1 is 0.963 bits per heavy atom. The second-order valence-corrected chi connectivity index (χ2v) is 7.22. The van der Waals surface area contributed by atoms with E-state index in [1.165, 1.54) is 0 Å². The number of likely N-dealkylation sites (N-methyl/N-ethyl adjacent to an activating group) is 1. The van der Waals surface area contributed by atoms with E-state index in [-0.39, 0.29) is 28.9 Å². The van der Waals surface area contributed by atoms with E-state index in [0.717, 1.165) is 25.7 Å². The third-order valence-corrected chi connectivity index (χ3v) is 4.77. The van der Waals surface area contributed by atoms with Crippen molar-refractivity contribution in [3.05, 3.63) is 29.3 Å². The number of nitrogens with one attached hydrogen (secondary N) is 2. The van der Waals surface area contributed by atoms with E-state index in [4.69, 9.17) is 12.2 Å². The highest BCUT2D eigenvalue weighted by atomic mass is 32.1. The number of rotatable bonds is 3. The summed E-state index contributed by atoms with van der Waals surface area (Å²) < 4.78 is 77.6. The Labute approximate surface area is 159 Å². The number of thiocarbonyl (C=S) groups is 1. The van der Waals surface area contributed by atoms with E-state index in [0.29, 0.717) is 12.1 Å². The molecule has 10 heteroatoms. The number of anilines is 1. The van der Waals surface area contributed by atoms with Gasteiger partial charge in [-0.2, -0.15) is 26.3 Å². The van der Waals surface area contributed by atoms with Gasteiger partial charge in [-0.25, -0.2) is 0 Å². The zero-order valence-electron chi connectivity index (χ0n) is 14.8. The van der Waals surface area contributed by atoms with Crippen molar-refractivity contribution in [2.24, 2.45) is 0 Å². The summed E-state index contributed by atoms with van der Waals surface area (Å²) in [6, 6.07) is 1.48. The molecule has 0 amide bonds. The van der Waals surface area contributed by atoms with Crippen molar-refractivity contribution in [1.29, 1.82) is 0 Å². The molecule has 1 fully saturated rings. The first-order valence-corrected chi connectivity index (χ1v) is 8.82. The van der Waals surface area contributed by atoms with Crippen LogP contribution in [0.2, 0.25) is 0 Å². The van der Waals surface area contributed by atoms with Crippen molar-refractivity contribution in [3.63, 3.8) is 0 Å². The molecule has 2 N–H and O–H groups in total. The predicted octanol–water partition coefficient (Wildman–Crippen LogP) is 4.88. The number of halogens is 6. The van der Waals surface area contributed by atoms with Crippen molar-refractivity contribution in [3.8, 4) is 0 Å². The minimum absolute atomic E-state index is 0.00111. The van der Waals surface area contributed by atoms with Gasteiger partial charge in [-0.1, -0.05) is 12.8 Å². The van der Waals surface area contributed by atoms with Crippen LogP contribution in [0.25, 0.3) is 0 Å². The maximum absolute atomic E-state index is 12.9. The molecule has 2 atom stereocenters. The summed E-state index contributed by atoms with van der Waals surface area (Å²) >= 11 is 5.13. The smallest absolute Gasteiger partial charge is 0.358 e. The average molecular weight is 413 g/mol. The molecule has 27 heavy (non-hydrogen) atoms. The average Bonchev–Trinajstić information content (AvgIpc) is 2.53. The lowest BCUT2D eigenvalue weighted by molar-refractivity contribution is -0.143. The number of alkyl halides is 6. The lowest BCUT2D eigenvalue weighted by Crippen LogP contribution is -2.52. The Bertz CT molecular complexity index is 639. The number of hydrogen-bond donors (Lipinski definition) is 2. The normalized spacial score (nSPS) is 21.2. The van der Waals surface area contributed by atoms with Crippen molar-refractivity contribution < 1.29 is 26.3 Å². The Morgan fingerprint density at radius 3 is 1.96 bits per heavy atom. The molecule has 0 bridgehead atoms. The maximum Gasteiger partial charge on any atom is 0.416 e. The molecule has 3 nitrogen and oxygen atoms in total. The molecule has 0 aliphatic heterocycles. The lowest BCUT2D eigenvalue weighted by atomic mass is 9.90. The van der Waals surface area contributed by atoms with E-state index in [1.807, 2.05) is 19.0 Å². The number of benzene rings is 1. The molecule has 1 aromatic rings. The molecule has 1 aromatic carbocycles. The third-order valence-electron chi connectivity index (χ3n) is 4.55. The molecule has 1 unspecified atom stereocenters. The zero-order valence-corrected chi connectivity index (χ0v) is 15.7. The molecular formula is C17H21F6N3S. The van der Waals surface area contributed by atoms with Crippen LogP contribution in [0.4, 0.5) is 32.0 Å². The Hall–Kier alpha value is -1.55. The van der Waals surface area contributed by atoms with E-state index in [1.54, 1.807) is 0 Å². The fourth-order valence-corrected chi connectivity index (χ4v) is 3.53. The maximum atomic E-state index is 12.9. The minimum atomic E-state index is -4.90. The molecule has 1 aliphatic carbocycles. The van der Waals surface area contributed by atoms with Crippen LogP contribution < -0.4 is 10.6 Å². The Morgan fingerprint density at radius 2 is 1.48 bits per heavy atom. The number of hydrogen-bond acceptors (Lipinski definition) is 2. The Balaban J connectivity index is 2.19. The largest absolute Gasteiger partial charge is 0.416 e. The molecule has 0 aromatic heterocycles. The first-order chi connectivity index (χ1) is 12.4. The second kappa shape index (κ2) is 8.22. The molecule has 0 saturated heterocycles. The van der Waals surface area contributed by atoms with E-state index in [9.17, 15) is 26.3 Å². The van der Waals surface area contributed by atoms with Crippen LogP contribution in [0.5, 0.6) is 0 Å². The standard InChI is InChI=1S/C17H21F6N3S/c1-26(2)14-6-4-3-5-13(14)25-15(27)24-12-8-10(16(18,19)20)7-11(9-12)17(21,22)23/h7-9,13-14H,3-6H2,1-2H3,(H2,24,25,27)/t13?,14-/m0/s1. The fourth-order valence-electron chi connectivity index (χ4n) is 3.26. The number of nitrogens with zero attached hydrogens (tertiary/aromatic N) is 1. The molecule has 0 spiro atoms. The van der Waals surface area contributed by atoms with Gasteiger partial charge in [0.05, 0.1) is 11.1 Å². The summed E-state index contributed by atoms with van der Waals surface area (Å²) in [5.74, 6) is 0. The van der Waals surface area contributed by atoms with E-state index < -0.39 is 23.5 Å². The van der Waals surface area contributed by atoms with Gasteiger partial charge < -0.3 is 15.5 Å². The van der Waals surface area contributed by atoms with Crippen LogP contribution in [-0.4, -0.2) is 36.2 Å². The third kappa shape index (κ3) is 5.97. The van der Waals surface area contributed by atoms with Gasteiger partial charge in [0.1, 0.15) is 0 Å². The zero-order chi connectivity index (χ0) is 20.4. The first kappa shape index (κ1) is 21.7. The van der Waals surface area contributed by atoms with E-state index >= 15 is 0 Å². The lowest BCUT2D eigenvalue weighted by Gasteiger charge is -2.37. The molecule has 152 valence electrons. The van der Waals surface area contributed by atoms with Gasteiger partial charge in [0.15, 0.2) is 5.11 Å². The van der Waals surface area contributed by atoms with Crippen LogP contribution in [0.3, 0.4) is 0 Å². The SMILES string of the molecule is CN(C)[C@H]1CCCCC1NC(=S)Nc1cc(C(F)(F)F)cc(C(F)(F)F)c1. The van der Waals surface area contributed by atoms with Gasteiger partial charge in [0.25, 0.3) is 0 Å². The molecule has 0 heterocycles. The predicted molar refractivity (Wildman–Crippen MR) is 95.5 cm³/mol. The summed E-state index contributed by atoms with van der Waals surface area (Å²) in [6.45, 7) is 0. The molecule has 0 radical (unpaired) electrons. The minimum Gasteiger partial charge on any atom is -0.358 e. The highest BCUT2D eigenvalue weighted by Crippen LogP contribution is 2.37. The van der Waals surface area contributed by atoms with Crippen molar-refractivity contribution in [2.75, 3.05) is 19.4 Å². The summed E-state index contributed by atoms with van der Waals surface area (Å²) in [5, 5.41) is 5.51. The van der Waals surface area contributed by atoms with Gasteiger partial charge in [-0.05, 0) is 57.4 Å². The van der Waals surface area contributed by atoms with Gasteiger partial charge in [-0.3, -0.25) is 0 Å². The van der Waals surface area contributed by atoms with Gasteiger partial charge in [0, 0.05) is 17.8 Å². The van der Waals surface area contributed by atoms with Gasteiger partial charge in [0.2, 0.25) is 0 Å². The highest BCUT2D eigenvalue weighted by Gasteiger charge is 2.37. The summed E-state index contributed by atoms with van der Waals surface area (Å²) in [6.07, 6.45) is -6.00. The molecular weight excluding hydrogens is 392 g/mol. The van der Waals surface area contributed by atoms with Crippen LogP contribution in [0.15, 0.2) is 18.2 Å². The van der Waals surface area contributed by atoms with Crippen molar-refractivity contribution in [2.45, 2.75) is 50.1 Å².